The number of nitrogens with zero attached hydrogens (tertiary/aromatic N) is 1. The summed E-state index contributed by atoms with van der Waals surface area (Å²) >= 11 is 0. The molecule has 0 aliphatic heterocycles. The number of hydrogen-bond acceptors (Lipinski definition) is 5. The molecule has 1 amide bonds. The minimum absolute atomic E-state index is 0.0256. The van der Waals surface area contributed by atoms with Gasteiger partial charge in [-0.3, -0.25) is 4.79 Å². The number of sulfonamides is 1. The third-order valence-corrected chi connectivity index (χ3v) is 6.06. The van der Waals surface area contributed by atoms with E-state index in [2.05, 4.69) is 5.32 Å². The molecule has 8 heteroatoms. The van der Waals surface area contributed by atoms with Crippen molar-refractivity contribution in [3.05, 3.63) is 90.0 Å². The molecule has 4 aromatic rings. The molecule has 0 fully saturated rings. The molecular weight excluding hydrogens is 438 g/mol. The number of pyridine rings is 1. The zero-order valence-electron chi connectivity index (χ0n) is 18.0. The number of para-hydroxylation sites is 1. The van der Waals surface area contributed by atoms with E-state index in [1.165, 1.54) is 12.1 Å². The molecule has 0 spiro atoms. The lowest BCUT2D eigenvalue weighted by molar-refractivity contribution is 0.0952. The van der Waals surface area contributed by atoms with Gasteiger partial charge in [0.05, 0.1) is 28.3 Å². The van der Waals surface area contributed by atoms with Gasteiger partial charge in [-0.15, -0.1) is 0 Å². The van der Waals surface area contributed by atoms with Gasteiger partial charge in [0.2, 0.25) is 10.0 Å². The quantitative estimate of drug-likeness (QED) is 0.434. The van der Waals surface area contributed by atoms with Crippen LogP contribution < -0.4 is 15.2 Å². The molecule has 0 aliphatic carbocycles. The van der Waals surface area contributed by atoms with E-state index >= 15 is 0 Å². The van der Waals surface area contributed by atoms with Crippen molar-refractivity contribution in [1.29, 1.82) is 0 Å². The van der Waals surface area contributed by atoms with E-state index in [1.807, 2.05) is 55.5 Å². The highest BCUT2D eigenvalue weighted by molar-refractivity contribution is 7.89. The average molecular weight is 462 g/mol. The molecule has 0 radical (unpaired) electrons. The smallest absolute Gasteiger partial charge is 0.252 e. The van der Waals surface area contributed by atoms with Crippen LogP contribution in [0.25, 0.3) is 22.2 Å². The third-order valence-electron chi connectivity index (χ3n) is 5.13. The number of nitrogens with two attached hydrogens (primary N) is 1. The van der Waals surface area contributed by atoms with E-state index < -0.39 is 10.0 Å². The SMILES string of the molecule is CCOc1ccc(-c2cc(C(=O)NCc3ccc(S(N)(=O)=O)cc3)c3ccccc3n2)cc1. The van der Waals surface area contributed by atoms with Gasteiger partial charge in [0.1, 0.15) is 5.75 Å². The van der Waals surface area contributed by atoms with E-state index in [4.69, 9.17) is 14.9 Å². The molecule has 168 valence electrons. The van der Waals surface area contributed by atoms with Crippen molar-refractivity contribution >= 4 is 26.8 Å². The van der Waals surface area contributed by atoms with Crippen LogP contribution in [0.1, 0.15) is 22.8 Å². The summed E-state index contributed by atoms with van der Waals surface area (Å²) in [6.07, 6.45) is 0. The summed E-state index contributed by atoms with van der Waals surface area (Å²) in [5.41, 5.74) is 3.52. The number of primary sulfonamides is 1. The molecule has 0 atom stereocenters. The first-order valence-electron chi connectivity index (χ1n) is 10.4. The topological polar surface area (TPSA) is 111 Å². The molecule has 0 bridgehead atoms. The van der Waals surface area contributed by atoms with Gasteiger partial charge in [-0.1, -0.05) is 30.3 Å². The molecule has 33 heavy (non-hydrogen) atoms. The fourth-order valence-corrected chi connectivity index (χ4v) is 3.99. The van der Waals surface area contributed by atoms with Gasteiger partial charge in [-0.05, 0) is 61.0 Å². The number of aromatic nitrogens is 1. The molecule has 0 saturated heterocycles. The summed E-state index contributed by atoms with van der Waals surface area (Å²) in [6.45, 7) is 2.75. The highest BCUT2D eigenvalue weighted by atomic mass is 32.2. The summed E-state index contributed by atoms with van der Waals surface area (Å²) in [4.78, 5) is 17.9. The van der Waals surface area contributed by atoms with E-state index in [9.17, 15) is 13.2 Å². The average Bonchev–Trinajstić information content (AvgIpc) is 2.82. The molecule has 1 heterocycles. The van der Waals surface area contributed by atoms with Gasteiger partial charge in [0, 0.05) is 17.5 Å². The van der Waals surface area contributed by atoms with Crippen LogP contribution in [-0.2, 0) is 16.6 Å². The van der Waals surface area contributed by atoms with Crippen LogP contribution in [0.2, 0.25) is 0 Å². The zero-order chi connectivity index (χ0) is 23.4. The normalized spacial score (nSPS) is 11.3. The fraction of sp³-hybridized carbons (Fsp3) is 0.120. The number of fused-ring (bicyclic) bond motifs is 1. The number of ether oxygens (including phenoxy) is 1. The minimum atomic E-state index is -3.76. The number of benzene rings is 3. The van der Waals surface area contributed by atoms with Gasteiger partial charge >= 0.3 is 0 Å². The Bertz CT molecular complexity index is 1400. The van der Waals surface area contributed by atoms with Crippen molar-refractivity contribution in [2.45, 2.75) is 18.4 Å². The van der Waals surface area contributed by atoms with E-state index in [0.717, 1.165) is 22.3 Å². The summed E-state index contributed by atoms with van der Waals surface area (Å²) < 4.78 is 28.3. The number of carbonyl (C=O) groups excluding carboxylic acids is 1. The third kappa shape index (κ3) is 5.19. The molecule has 3 aromatic carbocycles. The number of carbonyl (C=O) groups is 1. The largest absolute Gasteiger partial charge is 0.494 e. The second kappa shape index (κ2) is 9.40. The van der Waals surface area contributed by atoms with Crippen molar-refractivity contribution in [2.75, 3.05) is 6.61 Å². The first kappa shape index (κ1) is 22.4. The Morgan fingerprint density at radius 1 is 1.00 bits per heavy atom. The predicted molar refractivity (Wildman–Crippen MR) is 127 cm³/mol. The highest BCUT2D eigenvalue weighted by Crippen LogP contribution is 2.26. The van der Waals surface area contributed by atoms with Crippen molar-refractivity contribution in [3.63, 3.8) is 0 Å². The summed E-state index contributed by atoms with van der Waals surface area (Å²) in [5.74, 6) is 0.518. The summed E-state index contributed by atoms with van der Waals surface area (Å²) in [5, 5.41) is 8.78. The first-order chi connectivity index (χ1) is 15.8. The zero-order valence-corrected chi connectivity index (χ0v) is 18.8. The fourth-order valence-electron chi connectivity index (χ4n) is 3.47. The Balaban J connectivity index is 1.61. The van der Waals surface area contributed by atoms with Crippen molar-refractivity contribution in [2.24, 2.45) is 5.14 Å². The molecule has 0 saturated carbocycles. The van der Waals surface area contributed by atoms with Crippen molar-refractivity contribution < 1.29 is 17.9 Å². The highest BCUT2D eigenvalue weighted by Gasteiger charge is 2.14. The monoisotopic (exact) mass is 461 g/mol. The van der Waals surface area contributed by atoms with Gasteiger partial charge in [0.15, 0.2) is 0 Å². The van der Waals surface area contributed by atoms with Crippen molar-refractivity contribution in [3.8, 4) is 17.0 Å². The standard InChI is InChI=1S/C25H23N3O4S/c1-2-32-19-11-9-18(10-12-19)24-15-22(21-5-3-4-6-23(21)28-24)25(29)27-16-17-7-13-20(14-8-17)33(26,30)31/h3-15H,2,16H2,1H3,(H,27,29)(H2,26,30,31). The van der Waals surface area contributed by atoms with Gasteiger partial charge in [0.25, 0.3) is 5.91 Å². The summed E-state index contributed by atoms with van der Waals surface area (Å²) in [6, 6.07) is 22.9. The molecule has 0 unspecified atom stereocenters. The van der Waals surface area contributed by atoms with Crippen molar-refractivity contribution in [1.82, 2.24) is 10.3 Å². The Kier molecular flexibility index (Phi) is 6.39. The number of amides is 1. The molecule has 4 rings (SSSR count). The van der Waals surface area contributed by atoms with Crippen LogP contribution in [0.15, 0.2) is 83.8 Å². The minimum Gasteiger partial charge on any atom is -0.494 e. The van der Waals surface area contributed by atoms with Crippen LogP contribution in [-0.4, -0.2) is 25.9 Å². The van der Waals surface area contributed by atoms with Gasteiger partial charge in [-0.25, -0.2) is 18.5 Å². The molecule has 0 aliphatic rings. The lowest BCUT2D eigenvalue weighted by Crippen LogP contribution is -2.23. The second-order valence-electron chi connectivity index (χ2n) is 7.40. The second-order valence-corrected chi connectivity index (χ2v) is 8.96. The van der Waals surface area contributed by atoms with Crippen LogP contribution in [0.5, 0.6) is 5.75 Å². The Labute approximate surface area is 192 Å². The first-order valence-corrected chi connectivity index (χ1v) is 11.9. The lowest BCUT2D eigenvalue weighted by atomic mass is 10.0. The summed E-state index contributed by atoms with van der Waals surface area (Å²) in [7, 11) is -3.76. The van der Waals surface area contributed by atoms with E-state index in [1.54, 1.807) is 18.2 Å². The maximum atomic E-state index is 13.1. The molecule has 3 N–H and O–H groups in total. The Hall–Kier alpha value is -3.75. The number of rotatable bonds is 7. The number of hydrogen-bond donors (Lipinski definition) is 2. The Morgan fingerprint density at radius 3 is 2.36 bits per heavy atom. The lowest BCUT2D eigenvalue weighted by Gasteiger charge is -2.11. The predicted octanol–water partition coefficient (Wildman–Crippen LogP) is 3.88. The molecule has 7 nitrogen and oxygen atoms in total. The molecule has 1 aromatic heterocycles. The maximum absolute atomic E-state index is 13.1. The van der Waals surface area contributed by atoms with E-state index in [0.29, 0.717) is 23.4 Å². The molecular formula is C25H23N3O4S. The van der Waals surface area contributed by atoms with Gasteiger partial charge < -0.3 is 10.1 Å². The van der Waals surface area contributed by atoms with Crippen LogP contribution in [0.4, 0.5) is 0 Å². The van der Waals surface area contributed by atoms with Gasteiger partial charge in [-0.2, -0.15) is 0 Å². The van der Waals surface area contributed by atoms with Crippen LogP contribution in [0, 0.1) is 0 Å². The van der Waals surface area contributed by atoms with E-state index in [-0.39, 0.29) is 17.3 Å². The maximum Gasteiger partial charge on any atom is 0.252 e. The van der Waals surface area contributed by atoms with Crippen LogP contribution >= 0.6 is 0 Å². The van der Waals surface area contributed by atoms with Crippen LogP contribution in [0.3, 0.4) is 0 Å². The number of nitrogens with one attached hydrogen (secondary N) is 1. The Morgan fingerprint density at radius 2 is 1.70 bits per heavy atom.